The number of hydrogen-bond acceptors (Lipinski definition) is 5. The molecule has 1 atom stereocenters. The van der Waals surface area contributed by atoms with Gasteiger partial charge in [0.05, 0.1) is 18.1 Å². The number of rotatable bonds is 8. The van der Waals surface area contributed by atoms with E-state index in [0.29, 0.717) is 12.1 Å². The van der Waals surface area contributed by atoms with Crippen molar-refractivity contribution >= 4 is 22.5 Å². The molecule has 4 rings (SSSR count). The third kappa shape index (κ3) is 4.81. The molecular formula is C24H28N4O4. The summed E-state index contributed by atoms with van der Waals surface area (Å²) in [4.78, 5) is 26.6. The van der Waals surface area contributed by atoms with Crippen LogP contribution in [0.5, 0.6) is 0 Å². The normalized spacial score (nSPS) is 15.5. The van der Waals surface area contributed by atoms with E-state index in [0.717, 1.165) is 49.3 Å². The molecule has 0 saturated carbocycles. The molecule has 0 spiro atoms. The number of nitrogens with one attached hydrogen (secondary N) is 1. The minimum absolute atomic E-state index is 0.0338. The lowest BCUT2D eigenvalue weighted by Crippen LogP contribution is -2.41. The highest BCUT2D eigenvalue weighted by molar-refractivity contribution is 5.87. The number of morpholine rings is 1. The first-order chi connectivity index (χ1) is 15.5. The molecule has 1 unspecified atom stereocenters. The summed E-state index contributed by atoms with van der Waals surface area (Å²) in [6, 6.07) is 14.6. The number of aryl methyl sites for hydroxylation is 1. The molecule has 3 aromatic rings. The zero-order valence-corrected chi connectivity index (χ0v) is 18.2. The van der Waals surface area contributed by atoms with Gasteiger partial charge in [-0.2, -0.15) is 0 Å². The molecule has 1 aliphatic rings. The SMILES string of the molecule is Cn1cc(C(CC(=O)NCCN2CCOCC2)c2ccccc2[N+](=O)[O-])c2ccccc21. The van der Waals surface area contributed by atoms with Crippen LogP contribution in [-0.2, 0) is 16.6 Å². The van der Waals surface area contributed by atoms with Gasteiger partial charge >= 0.3 is 0 Å². The van der Waals surface area contributed by atoms with E-state index < -0.39 is 5.92 Å². The van der Waals surface area contributed by atoms with Crippen molar-refractivity contribution in [2.45, 2.75) is 12.3 Å². The van der Waals surface area contributed by atoms with Crippen LogP contribution in [0.15, 0.2) is 54.7 Å². The lowest BCUT2D eigenvalue weighted by molar-refractivity contribution is -0.385. The van der Waals surface area contributed by atoms with Gasteiger partial charge in [0.15, 0.2) is 0 Å². The van der Waals surface area contributed by atoms with Crippen molar-refractivity contribution < 1.29 is 14.5 Å². The minimum atomic E-state index is -0.425. The summed E-state index contributed by atoms with van der Waals surface area (Å²) in [5, 5.41) is 15.7. The number of hydrogen-bond donors (Lipinski definition) is 1. The number of ether oxygens (including phenoxy) is 1. The van der Waals surface area contributed by atoms with Gasteiger partial charge in [0.25, 0.3) is 5.69 Å². The highest BCUT2D eigenvalue weighted by atomic mass is 16.6. The molecule has 0 aliphatic carbocycles. The Morgan fingerprint density at radius 1 is 1.12 bits per heavy atom. The van der Waals surface area contributed by atoms with Gasteiger partial charge in [-0.05, 0) is 11.6 Å². The van der Waals surface area contributed by atoms with E-state index in [9.17, 15) is 14.9 Å². The number of carbonyl (C=O) groups excluding carboxylic acids is 1. The van der Waals surface area contributed by atoms with Crippen molar-refractivity contribution in [3.8, 4) is 0 Å². The van der Waals surface area contributed by atoms with Gasteiger partial charge in [-0.1, -0.05) is 36.4 Å². The van der Waals surface area contributed by atoms with E-state index in [4.69, 9.17) is 4.74 Å². The Labute approximate surface area is 186 Å². The summed E-state index contributed by atoms with van der Waals surface area (Å²) in [6.07, 6.45) is 2.12. The molecule has 8 nitrogen and oxygen atoms in total. The summed E-state index contributed by atoms with van der Waals surface area (Å²) in [7, 11) is 1.95. The molecule has 2 heterocycles. The van der Waals surface area contributed by atoms with Gasteiger partial charge in [0.2, 0.25) is 5.91 Å². The smallest absolute Gasteiger partial charge is 0.273 e. The number of nitro groups is 1. The summed E-state index contributed by atoms with van der Waals surface area (Å²) in [5.74, 6) is -0.541. The molecule has 32 heavy (non-hydrogen) atoms. The third-order valence-corrected chi connectivity index (χ3v) is 6.06. The molecule has 1 fully saturated rings. The van der Waals surface area contributed by atoms with E-state index in [-0.39, 0.29) is 22.9 Å². The predicted octanol–water partition coefficient (Wildman–Crippen LogP) is 3.06. The van der Waals surface area contributed by atoms with Crippen LogP contribution in [0, 0.1) is 10.1 Å². The van der Waals surface area contributed by atoms with Crippen molar-refractivity contribution in [1.29, 1.82) is 0 Å². The molecule has 168 valence electrons. The maximum Gasteiger partial charge on any atom is 0.273 e. The number of benzene rings is 2. The van der Waals surface area contributed by atoms with Gasteiger partial charge < -0.3 is 14.6 Å². The van der Waals surface area contributed by atoms with Gasteiger partial charge in [-0.25, -0.2) is 0 Å². The lowest BCUT2D eigenvalue weighted by atomic mass is 9.87. The van der Waals surface area contributed by atoms with E-state index in [1.807, 2.05) is 42.1 Å². The average Bonchev–Trinajstić information content (AvgIpc) is 3.14. The van der Waals surface area contributed by atoms with E-state index in [2.05, 4.69) is 10.2 Å². The molecule has 1 aliphatic heterocycles. The predicted molar refractivity (Wildman–Crippen MR) is 123 cm³/mol. The summed E-state index contributed by atoms with van der Waals surface area (Å²) < 4.78 is 7.36. The molecule has 0 bridgehead atoms. The van der Waals surface area contributed by atoms with Crippen LogP contribution in [0.3, 0.4) is 0 Å². The number of amides is 1. The van der Waals surface area contributed by atoms with Crippen molar-refractivity contribution in [2.24, 2.45) is 7.05 Å². The fraction of sp³-hybridized carbons (Fsp3) is 0.375. The summed E-state index contributed by atoms with van der Waals surface area (Å²) >= 11 is 0. The molecule has 1 N–H and O–H groups in total. The fourth-order valence-electron chi connectivity index (χ4n) is 4.42. The first-order valence-corrected chi connectivity index (χ1v) is 10.9. The van der Waals surface area contributed by atoms with Gasteiger partial charge in [-0.15, -0.1) is 0 Å². The standard InChI is InChI=1S/C24H28N4O4/c1-26-17-21(19-7-2-4-8-22(19)26)20(18-6-3-5-9-23(18)28(30)31)16-24(29)25-10-11-27-12-14-32-15-13-27/h2-9,17,20H,10-16H2,1H3,(H,25,29). The number of aromatic nitrogens is 1. The van der Waals surface area contributed by atoms with Crippen LogP contribution in [0.4, 0.5) is 5.69 Å². The van der Waals surface area contributed by atoms with Crippen molar-refractivity contribution in [3.63, 3.8) is 0 Å². The van der Waals surface area contributed by atoms with E-state index in [1.54, 1.807) is 18.2 Å². The Balaban J connectivity index is 1.60. The second-order valence-electron chi connectivity index (χ2n) is 8.09. The molecule has 8 heteroatoms. The first-order valence-electron chi connectivity index (χ1n) is 10.9. The largest absolute Gasteiger partial charge is 0.379 e. The second kappa shape index (κ2) is 9.93. The topological polar surface area (TPSA) is 89.6 Å². The zero-order valence-electron chi connectivity index (χ0n) is 18.2. The Hall–Kier alpha value is -3.23. The van der Waals surface area contributed by atoms with Crippen LogP contribution < -0.4 is 5.32 Å². The van der Waals surface area contributed by atoms with Crippen molar-refractivity contribution in [3.05, 3.63) is 76.0 Å². The molecule has 1 amide bonds. The van der Waals surface area contributed by atoms with Crippen LogP contribution in [-0.4, -0.2) is 59.7 Å². The summed E-state index contributed by atoms with van der Waals surface area (Å²) in [5.41, 5.74) is 2.53. The number of carbonyl (C=O) groups is 1. The highest BCUT2D eigenvalue weighted by Crippen LogP contribution is 2.38. The second-order valence-corrected chi connectivity index (χ2v) is 8.09. The first kappa shape index (κ1) is 22.0. The van der Waals surface area contributed by atoms with Crippen molar-refractivity contribution in [1.82, 2.24) is 14.8 Å². The highest BCUT2D eigenvalue weighted by Gasteiger charge is 2.28. The van der Waals surface area contributed by atoms with Gasteiger partial charge in [0, 0.05) is 74.3 Å². The van der Waals surface area contributed by atoms with Crippen LogP contribution in [0.25, 0.3) is 10.9 Å². The number of nitro benzene ring substituents is 1. The molecule has 2 aromatic carbocycles. The van der Waals surface area contributed by atoms with E-state index in [1.165, 1.54) is 6.07 Å². The maximum atomic E-state index is 12.9. The molecular weight excluding hydrogens is 408 g/mol. The van der Waals surface area contributed by atoms with Crippen LogP contribution in [0.1, 0.15) is 23.5 Å². The minimum Gasteiger partial charge on any atom is -0.379 e. The quantitative estimate of drug-likeness (QED) is 0.433. The summed E-state index contributed by atoms with van der Waals surface area (Å²) in [6.45, 7) is 4.47. The Morgan fingerprint density at radius 2 is 1.84 bits per heavy atom. The fourth-order valence-corrected chi connectivity index (χ4v) is 4.42. The van der Waals surface area contributed by atoms with E-state index >= 15 is 0 Å². The Kier molecular flexibility index (Phi) is 6.82. The molecule has 1 aromatic heterocycles. The Morgan fingerprint density at radius 3 is 2.62 bits per heavy atom. The zero-order chi connectivity index (χ0) is 22.5. The number of nitrogens with zero attached hydrogens (tertiary/aromatic N) is 3. The average molecular weight is 437 g/mol. The monoisotopic (exact) mass is 436 g/mol. The van der Waals surface area contributed by atoms with Gasteiger partial charge in [-0.3, -0.25) is 19.8 Å². The Bertz CT molecular complexity index is 1100. The molecule has 0 radical (unpaired) electrons. The van der Waals surface area contributed by atoms with Gasteiger partial charge in [0.1, 0.15) is 0 Å². The lowest BCUT2D eigenvalue weighted by Gasteiger charge is -2.26. The van der Waals surface area contributed by atoms with Crippen molar-refractivity contribution in [2.75, 3.05) is 39.4 Å². The van der Waals surface area contributed by atoms with Crippen LogP contribution >= 0.6 is 0 Å². The number of para-hydroxylation sites is 2. The third-order valence-electron chi connectivity index (χ3n) is 6.06. The maximum absolute atomic E-state index is 12.9. The molecule has 1 saturated heterocycles. The number of fused-ring (bicyclic) bond motifs is 1. The van der Waals surface area contributed by atoms with Crippen LogP contribution in [0.2, 0.25) is 0 Å².